The number of aromatic nitrogens is 1. The molecule has 2 aromatic rings. The lowest BCUT2D eigenvalue weighted by Gasteiger charge is -2.10. The number of methoxy groups -OCH3 is 1. The van der Waals surface area contributed by atoms with E-state index < -0.39 is 0 Å². The van der Waals surface area contributed by atoms with Crippen molar-refractivity contribution in [2.75, 3.05) is 24.9 Å². The fourth-order valence-corrected chi connectivity index (χ4v) is 2.27. The highest BCUT2D eigenvalue weighted by molar-refractivity contribution is 7.14. The van der Waals surface area contributed by atoms with Crippen molar-refractivity contribution in [2.24, 2.45) is 5.10 Å². The van der Waals surface area contributed by atoms with E-state index >= 15 is 0 Å². The molecular formula is C15H17N5O2S. The van der Waals surface area contributed by atoms with Crippen LogP contribution in [0.5, 0.6) is 11.5 Å². The third-order valence-corrected chi connectivity index (χ3v) is 3.54. The molecule has 1 heterocycles. The standard InChI is InChI=1S/C15H17N5O2S/c1-21-12-5-4-11(8-13(12)22-7-3-2-6-16)9-18-20-15-19-14(17)10-23-15/h4-5,8-10H,2-3,7,17H2,1H3,(H,19,20). The van der Waals surface area contributed by atoms with Gasteiger partial charge < -0.3 is 15.2 Å². The van der Waals surface area contributed by atoms with Gasteiger partial charge in [0.2, 0.25) is 5.13 Å². The summed E-state index contributed by atoms with van der Waals surface area (Å²) in [5.41, 5.74) is 9.19. The minimum absolute atomic E-state index is 0.459. The maximum Gasteiger partial charge on any atom is 0.205 e. The Bertz CT molecular complexity index is 708. The second-order valence-electron chi connectivity index (χ2n) is 4.47. The summed E-state index contributed by atoms with van der Waals surface area (Å²) < 4.78 is 10.9. The average Bonchev–Trinajstić information content (AvgIpc) is 2.97. The van der Waals surface area contributed by atoms with Crippen LogP contribution in [0.4, 0.5) is 10.9 Å². The van der Waals surface area contributed by atoms with Crippen molar-refractivity contribution >= 4 is 28.5 Å². The second-order valence-corrected chi connectivity index (χ2v) is 5.33. The highest BCUT2D eigenvalue weighted by Crippen LogP contribution is 2.27. The molecular weight excluding hydrogens is 314 g/mol. The molecule has 23 heavy (non-hydrogen) atoms. The summed E-state index contributed by atoms with van der Waals surface area (Å²) in [6, 6.07) is 7.58. The molecule has 7 nitrogen and oxygen atoms in total. The Morgan fingerprint density at radius 3 is 3.04 bits per heavy atom. The molecule has 1 aromatic carbocycles. The average molecular weight is 331 g/mol. The van der Waals surface area contributed by atoms with Crippen LogP contribution in [0.15, 0.2) is 28.7 Å². The first-order chi connectivity index (χ1) is 11.2. The lowest BCUT2D eigenvalue weighted by molar-refractivity contribution is 0.291. The molecule has 0 fully saturated rings. The van der Waals surface area contributed by atoms with Gasteiger partial charge in [-0.15, -0.1) is 11.3 Å². The van der Waals surface area contributed by atoms with Crippen molar-refractivity contribution < 1.29 is 9.47 Å². The smallest absolute Gasteiger partial charge is 0.205 e. The molecule has 0 radical (unpaired) electrons. The number of rotatable bonds is 8. The van der Waals surface area contributed by atoms with Crippen LogP contribution >= 0.6 is 11.3 Å². The summed E-state index contributed by atoms with van der Waals surface area (Å²) in [6.45, 7) is 0.459. The zero-order valence-corrected chi connectivity index (χ0v) is 13.5. The minimum atomic E-state index is 0.459. The fourth-order valence-electron chi connectivity index (χ4n) is 1.72. The molecule has 0 aliphatic heterocycles. The highest BCUT2D eigenvalue weighted by atomic mass is 32.1. The van der Waals surface area contributed by atoms with E-state index in [9.17, 15) is 0 Å². The quantitative estimate of drug-likeness (QED) is 0.438. The normalized spacial score (nSPS) is 10.4. The van der Waals surface area contributed by atoms with E-state index in [2.05, 4.69) is 21.6 Å². The Balaban J connectivity index is 1.99. The van der Waals surface area contributed by atoms with E-state index in [1.807, 2.05) is 18.2 Å². The number of nitrogens with zero attached hydrogens (tertiary/aromatic N) is 3. The summed E-state index contributed by atoms with van der Waals surface area (Å²) >= 11 is 1.38. The molecule has 0 saturated carbocycles. The zero-order valence-electron chi connectivity index (χ0n) is 12.7. The van der Waals surface area contributed by atoms with E-state index in [-0.39, 0.29) is 0 Å². The van der Waals surface area contributed by atoms with Crippen LogP contribution in [0.25, 0.3) is 0 Å². The maximum absolute atomic E-state index is 8.53. The molecule has 8 heteroatoms. The molecule has 120 valence electrons. The Morgan fingerprint density at radius 2 is 2.35 bits per heavy atom. The van der Waals surface area contributed by atoms with E-state index in [0.29, 0.717) is 41.9 Å². The van der Waals surface area contributed by atoms with Gasteiger partial charge in [-0.05, 0) is 30.2 Å². The number of nitrogens with one attached hydrogen (secondary N) is 1. The van der Waals surface area contributed by atoms with E-state index in [0.717, 1.165) is 5.56 Å². The van der Waals surface area contributed by atoms with Gasteiger partial charge in [0.25, 0.3) is 0 Å². The topological polar surface area (TPSA) is 106 Å². The predicted molar refractivity (Wildman–Crippen MR) is 91.1 cm³/mol. The fraction of sp³-hybridized carbons (Fsp3) is 0.267. The number of nitrogens with two attached hydrogens (primary N) is 1. The number of hydrogen-bond donors (Lipinski definition) is 2. The van der Waals surface area contributed by atoms with Crippen LogP contribution in [-0.4, -0.2) is 24.9 Å². The van der Waals surface area contributed by atoms with Gasteiger partial charge >= 0.3 is 0 Å². The largest absolute Gasteiger partial charge is 0.493 e. The first-order valence-electron chi connectivity index (χ1n) is 6.91. The maximum atomic E-state index is 8.53. The molecule has 0 aliphatic carbocycles. The van der Waals surface area contributed by atoms with E-state index in [1.54, 1.807) is 18.7 Å². The van der Waals surface area contributed by atoms with Gasteiger partial charge in [-0.25, -0.2) is 4.98 Å². The first-order valence-corrected chi connectivity index (χ1v) is 7.78. The lowest BCUT2D eigenvalue weighted by Crippen LogP contribution is -2.00. The van der Waals surface area contributed by atoms with Gasteiger partial charge in [0.1, 0.15) is 5.82 Å². The predicted octanol–water partition coefficient (Wildman–Crippen LogP) is 2.86. The number of nitrogen functional groups attached to an aromatic ring is 1. The van der Waals surface area contributed by atoms with Crippen LogP contribution in [-0.2, 0) is 0 Å². The molecule has 3 N–H and O–H groups in total. The van der Waals surface area contributed by atoms with Crippen molar-refractivity contribution in [3.05, 3.63) is 29.1 Å². The number of hydrazone groups is 1. The number of unbranched alkanes of at least 4 members (excludes halogenated alkanes) is 1. The highest BCUT2D eigenvalue weighted by Gasteiger charge is 2.05. The second kappa shape index (κ2) is 8.60. The molecule has 2 rings (SSSR count). The number of nitriles is 1. The third kappa shape index (κ3) is 5.16. The minimum Gasteiger partial charge on any atom is -0.493 e. The number of hydrogen-bond acceptors (Lipinski definition) is 8. The van der Waals surface area contributed by atoms with Gasteiger partial charge in [-0.2, -0.15) is 10.4 Å². The SMILES string of the molecule is COc1ccc(C=NNc2nc(N)cs2)cc1OCCCC#N. The molecule has 1 aromatic heterocycles. The first kappa shape index (κ1) is 16.6. The molecule has 0 spiro atoms. The van der Waals surface area contributed by atoms with Crippen LogP contribution in [0.1, 0.15) is 18.4 Å². The number of ether oxygens (including phenoxy) is 2. The molecule has 0 aliphatic rings. The molecule has 0 unspecified atom stereocenters. The summed E-state index contributed by atoms with van der Waals surface area (Å²) in [6.07, 6.45) is 2.79. The Kier molecular flexibility index (Phi) is 6.20. The summed E-state index contributed by atoms with van der Waals surface area (Å²) in [4.78, 5) is 4.05. The van der Waals surface area contributed by atoms with E-state index in [4.69, 9.17) is 20.5 Å². The lowest BCUT2D eigenvalue weighted by atomic mass is 10.2. The number of anilines is 2. The van der Waals surface area contributed by atoms with Gasteiger partial charge in [0, 0.05) is 11.8 Å². The summed E-state index contributed by atoms with van der Waals surface area (Å²) in [5, 5.41) is 15.0. The van der Waals surface area contributed by atoms with Gasteiger partial charge in [-0.1, -0.05) is 0 Å². The van der Waals surface area contributed by atoms with Crippen molar-refractivity contribution in [3.8, 4) is 17.6 Å². The van der Waals surface area contributed by atoms with Crippen molar-refractivity contribution in [2.45, 2.75) is 12.8 Å². The third-order valence-electron chi connectivity index (χ3n) is 2.77. The van der Waals surface area contributed by atoms with Crippen LogP contribution in [0, 0.1) is 11.3 Å². The summed E-state index contributed by atoms with van der Waals surface area (Å²) in [5.74, 6) is 1.72. The van der Waals surface area contributed by atoms with Crippen LogP contribution in [0.3, 0.4) is 0 Å². The monoisotopic (exact) mass is 331 g/mol. The Labute approximate surface area is 138 Å². The van der Waals surface area contributed by atoms with Crippen LogP contribution < -0.4 is 20.6 Å². The zero-order chi connectivity index (χ0) is 16.5. The van der Waals surface area contributed by atoms with Crippen LogP contribution in [0.2, 0.25) is 0 Å². The summed E-state index contributed by atoms with van der Waals surface area (Å²) in [7, 11) is 1.58. The number of thiazole rings is 1. The van der Waals surface area contributed by atoms with Crippen molar-refractivity contribution in [1.29, 1.82) is 5.26 Å². The number of benzene rings is 1. The Hall–Kier alpha value is -2.79. The molecule has 0 atom stereocenters. The van der Waals surface area contributed by atoms with E-state index in [1.165, 1.54) is 11.3 Å². The van der Waals surface area contributed by atoms with Crippen molar-refractivity contribution in [3.63, 3.8) is 0 Å². The van der Waals surface area contributed by atoms with Crippen molar-refractivity contribution in [1.82, 2.24) is 4.98 Å². The van der Waals surface area contributed by atoms with Gasteiger partial charge in [0.15, 0.2) is 11.5 Å². The molecule has 0 amide bonds. The molecule has 0 saturated heterocycles. The van der Waals surface area contributed by atoms with Gasteiger partial charge in [0.05, 0.1) is 26.0 Å². The van der Waals surface area contributed by atoms with Gasteiger partial charge in [-0.3, -0.25) is 5.43 Å². The Morgan fingerprint density at radius 1 is 1.48 bits per heavy atom. The molecule has 0 bridgehead atoms.